The molecule has 1 aromatic heterocycles. The third-order valence-electron chi connectivity index (χ3n) is 3.46. The van der Waals surface area contributed by atoms with Gasteiger partial charge in [0, 0.05) is 11.1 Å². The van der Waals surface area contributed by atoms with Crippen LogP contribution >= 0.6 is 0 Å². The van der Waals surface area contributed by atoms with Crippen LogP contribution in [0.25, 0.3) is 21.9 Å². The third-order valence-corrected chi connectivity index (χ3v) is 3.46. The molecule has 0 radical (unpaired) electrons. The number of para-hydroxylation sites is 2. The zero-order chi connectivity index (χ0) is 13.4. The van der Waals surface area contributed by atoms with Gasteiger partial charge in [0.15, 0.2) is 0 Å². The van der Waals surface area contributed by atoms with E-state index < -0.39 is 0 Å². The highest BCUT2D eigenvalue weighted by molar-refractivity contribution is 6.11. The second-order valence-electron chi connectivity index (χ2n) is 4.77. The summed E-state index contributed by atoms with van der Waals surface area (Å²) in [5.41, 5.74) is 3.97. The van der Waals surface area contributed by atoms with E-state index in [1.807, 2.05) is 48.5 Å². The van der Waals surface area contributed by atoms with Crippen LogP contribution in [0.3, 0.4) is 0 Å². The van der Waals surface area contributed by atoms with Gasteiger partial charge in [-0.05, 0) is 30.3 Å². The number of hydrogen-bond donors (Lipinski definition) is 2. The van der Waals surface area contributed by atoms with E-state index in [1.54, 1.807) is 0 Å². The molecule has 3 aromatic carbocycles. The fraction of sp³-hybridized carbons (Fsp3) is 0. The van der Waals surface area contributed by atoms with Gasteiger partial charge in [-0.3, -0.25) is 0 Å². The Labute approximate surface area is 122 Å². The molecule has 0 bridgehead atoms. The topological polar surface area (TPSA) is 60.2 Å². The van der Waals surface area contributed by atoms with Crippen LogP contribution in [0.15, 0.2) is 77.2 Å². The monoisotopic (exact) mass is 276 g/mol. The molecule has 0 atom stereocenters. The van der Waals surface area contributed by atoms with E-state index >= 15 is 0 Å². The molecule has 0 fully saturated rings. The Bertz CT molecular complexity index is 881. The number of rotatable bonds is 2. The fourth-order valence-corrected chi connectivity index (χ4v) is 2.56. The number of nitrogens with one attached hydrogen (secondary N) is 1. The Morgan fingerprint density at radius 3 is 2.24 bits per heavy atom. The molecule has 0 unspecified atom stereocenters. The van der Waals surface area contributed by atoms with Crippen LogP contribution in [0.4, 0.5) is 11.4 Å². The summed E-state index contributed by atoms with van der Waals surface area (Å²) in [5.74, 6) is 0. The van der Waals surface area contributed by atoms with Crippen molar-refractivity contribution in [2.45, 2.75) is 0 Å². The molecular formula is C18H16N2O. The largest absolute Gasteiger partial charge is 0.456 e. The van der Waals surface area contributed by atoms with Crippen molar-refractivity contribution < 1.29 is 4.42 Å². The van der Waals surface area contributed by atoms with E-state index in [-0.39, 0.29) is 6.15 Å². The fourth-order valence-electron chi connectivity index (χ4n) is 2.56. The van der Waals surface area contributed by atoms with Crippen LogP contribution in [0.2, 0.25) is 0 Å². The first-order chi connectivity index (χ1) is 9.92. The van der Waals surface area contributed by atoms with Crippen LogP contribution in [-0.4, -0.2) is 0 Å². The second kappa shape index (κ2) is 5.31. The minimum absolute atomic E-state index is 0. The molecule has 4 aromatic rings. The lowest BCUT2D eigenvalue weighted by atomic mass is 10.1. The molecule has 4 rings (SSSR count). The SMILES string of the molecule is N.c1ccc(Nc2cccc3oc4ccccc4c23)cc1. The molecule has 1 heterocycles. The van der Waals surface area contributed by atoms with Crippen molar-refractivity contribution in [3.63, 3.8) is 0 Å². The van der Waals surface area contributed by atoms with Gasteiger partial charge in [-0.25, -0.2) is 0 Å². The summed E-state index contributed by atoms with van der Waals surface area (Å²) >= 11 is 0. The average molecular weight is 276 g/mol. The van der Waals surface area contributed by atoms with Gasteiger partial charge in [0.25, 0.3) is 0 Å². The molecule has 0 spiro atoms. The predicted molar refractivity (Wildman–Crippen MR) is 88.5 cm³/mol. The van der Waals surface area contributed by atoms with Crippen LogP contribution in [0, 0.1) is 0 Å². The van der Waals surface area contributed by atoms with Gasteiger partial charge in [-0.1, -0.05) is 42.5 Å². The van der Waals surface area contributed by atoms with E-state index in [0.29, 0.717) is 0 Å². The summed E-state index contributed by atoms with van der Waals surface area (Å²) in [6, 6.07) is 24.4. The Morgan fingerprint density at radius 1 is 0.667 bits per heavy atom. The Kier molecular flexibility index (Phi) is 3.34. The lowest BCUT2D eigenvalue weighted by Crippen LogP contribution is -1.89. The van der Waals surface area contributed by atoms with E-state index in [4.69, 9.17) is 4.42 Å². The van der Waals surface area contributed by atoms with E-state index in [2.05, 4.69) is 29.6 Å². The standard InChI is InChI=1S/C18H13NO.H3N/c1-2-7-13(8-3-1)19-15-10-6-12-17-18(15)14-9-4-5-11-16(14)20-17;/h1-12,19H;1H3. The van der Waals surface area contributed by atoms with E-state index in [9.17, 15) is 0 Å². The first-order valence-electron chi connectivity index (χ1n) is 6.64. The molecule has 0 amide bonds. The smallest absolute Gasteiger partial charge is 0.137 e. The van der Waals surface area contributed by atoms with Crippen LogP contribution in [0.1, 0.15) is 0 Å². The van der Waals surface area contributed by atoms with Crippen molar-refractivity contribution in [2.75, 3.05) is 5.32 Å². The van der Waals surface area contributed by atoms with Crippen molar-refractivity contribution in [1.82, 2.24) is 6.15 Å². The number of fused-ring (bicyclic) bond motifs is 3. The average Bonchev–Trinajstić information content (AvgIpc) is 2.88. The number of benzene rings is 3. The molecule has 0 saturated carbocycles. The molecule has 4 N–H and O–H groups in total. The highest BCUT2D eigenvalue weighted by Gasteiger charge is 2.10. The van der Waals surface area contributed by atoms with Crippen molar-refractivity contribution >= 4 is 33.3 Å². The lowest BCUT2D eigenvalue weighted by Gasteiger charge is -2.07. The predicted octanol–water partition coefficient (Wildman–Crippen LogP) is 5.49. The van der Waals surface area contributed by atoms with E-state index in [0.717, 1.165) is 33.3 Å². The van der Waals surface area contributed by atoms with Crippen LogP contribution in [-0.2, 0) is 0 Å². The second-order valence-corrected chi connectivity index (χ2v) is 4.77. The number of anilines is 2. The molecule has 0 saturated heterocycles. The first kappa shape index (κ1) is 13.2. The quantitative estimate of drug-likeness (QED) is 0.508. The molecule has 0 aliphatic rings. The van der Waals surface area contributed by atoms with Gasteiger partial charge in [-0.15, -0.1) is 0 Å². The third kappa shape index (κ3) is 2.24. The minimum atomic E-state index is 0. The molecule has 0 aliphatic carbocycles. The van der Waals surface area contributed by atoms with Crippen molar-refractivity contribution in [1.29, 1.82) is 0 Å². The zero-order valence-corrected chi connectivity index (χ0v) is 11.5. The summed E-state index contributed by atoms with van der Waals surface area (Å²) in [6.45, 7) is 0. The summed E-state index contributed by atoms with van der Waals surface area (Å²) < 4.78 is 5.89. The van der Waals surface area contributed by atoms with Gasteiger partial charge < -0.3 is 15.9 Å². The molecule has 21 heavy (non-hydrogen) atoms. The number of furan rings is 1. The van der Waals surface area contributed by atoms with Crippen molar-refractivity contribution in [3.8, 4) is 0 Å². The maximum absolute atomic E-state index is 5.89. The zero-order valence-electron chi connectivity index (χ0n) is 11.5. The number of hydrogen-bond acceptors (Lipinski definition) is 3. The highest BCUT2D eigenvalue weighted by Crippen LogP contribution is 2.35. The summed E-state index contributed by atoms with van der Waals surface area (Å²) in [4.78, 5) is 0. The Morgan fingerprint density at radius 2 is 1.38 bits per heavy atom. The summed E-state index contributed by atoms with van der Waals surface area (Å²) in [6.07, 6.45) is 0. The normalized spacial score (nSPS) is 10.5. The Balaban J connectivity index is 0.00000132. The van der Waals surface area contributed by atoms with E-state index in [1.165, 1.54) is 0 Å². The summed E-state index contributed by atoms with van der Waals surface area (Å²) in [5, 5.41) is 5.74. The van der Waals surface area contributed by atoms with Gasteiger partial charge in [0.1, 0.15) is 11.2 Å². The van der Waals surface area contributed by atoms with Gasteiger partial charge in [0.2, 0.25) is 0 Å². The van der Waals surface area contributed by atoms with Crippen molar-refractivity contribution in [2.24, 2.45) is 0 Å². The molecule has 3 nitrogen and oxygen atoms in total. The molecule has 104 valence electrons. The van der Waals surface area contributed by atoms with Crippen molar-refractivity contribution in [3.05, 3.63) is 72.8 Å². The molecule has 3 heteroatoms. The molecular weight excluding hydrogens is 260 g/mol. The maximum atomic E-state index is 5.89. The maximum Gasteiger partial charge on any atom is 0.137 e. The van der Waals surface area contributed by atoms with Gasteiger partial charge in [0.05, 0.1) is 11.1 Å². The minimum Gasteiger partial charge on any atom is -0.456 e. The highest BCUT2D eigenvalue weighted by atomic mass is 16.3. The van der Waals surface area contributed by atoms with Crippen LogP contribution < -0.4 is 11.5 Å². The molecule has 0 aliphatic heterocycles. The lowest BCUT2D eigenvalue weighted by molar-refractivity contribution is 0.669. The van der Waals surface area contributed by atoms with Crippen LogP contribution in [0.5, 0.6) is 0 Å². The first-order valence-corrected chi connectivity index (χ1v) is 6.64. The Hall–Kier alpha value is -2.78. The van der Waals surface area contributed by atoms with Gasteiger partial charge in [-0.2, -0.15) is 0 Å². The van der Waals surface area contributed by atoms with Gasteiger partial charge >= 0.3 is 0 Å². The summed E-state index contributed by atoms with van der Waals surface area (Å²) in [7, 11) is 0.